The maximum atomic E-state index is 12.5. The predicted octanol–water partition coefficient (Wildman–Crippen LogP) is 1.90. The number of esters is 1. The number of amides is 1. The third kappa shape index (κ3) is 3.50. The summed E-state index contributed by atoms with van der Waals surface area (Å²) in [6, 6.07) is 3.93. The van der Waals surface area contributed by atoms with Crippen molar-refractivity contribution in [1.82, 2.24) is 14.7 Å². The van der Waals surface area contributed by atoms with Crippen molar-refractivity contribution in [2.45, 2.75) is 26.4 Å². The van der Waals surface area contributed by atoms with E-state index in [0.717, 1.165) is 0 Å². The molecule has 1 amide bonds. The minimum absolute atomic E-state index is 0.158. The van der Waals surface area contributed by atoms with E-state index in [1.165, 1.54) is 28.2 Å². The Morgan fingerprint density at radius 2 is 2.29 bits per heavy atom. The Balaban J connectivity index is 2.21. The second kappa shape index (κ2) is 6.74. The van der Waals surface area contributed by atoms with Crippen molar-refractivity contribution in [2.24, 2.45) is 0 Å². The Kier molecular flexibility index (Phi) is 4.76. The van der Waals surface area contributed by atoms with Gasteiger partial charge in [-0.05, 0) is 32.0 Å². The van der Waals surface area contributed by atoms with E-state index in [2.05, 4.69) is 5.10 Å². The zero-order valence-electron chi connectivity index (χ0n) is 11.9. The summed E-state index contributed by atoms with van der Waals surface area (Å²) in [5.41, 5.74) is 0. The Morgan fingerprint density at radius 3 is 2.86 bits per heavy atom. The van der Waals surface area contributed by atoms with Gasteiger partial charge in [0, 0.05) is 12.4 Å². The number of nitrogens with zero attached hydrogens (tertiary/aromatic N) is 3. The molecule has 2 rings (SSSR count). The average molecular weight is 291 g/mol. The van der Waals surface area contributed by atoms with Crippen LogP contribution in [0.5, 0.6) is 0 Å². The van der Waals surface area contributed by atoms with Gasteiger partial charge in [-0.25, -0.2) is 9.59 Å². The van der Waals surface area contributed by atoms with Gasteiger partial charge in [0.05, 0.1) is 19.4 Å². The van der Waals surface area contributed by atoms with E-state index in [4.69, 9.17) is 9.15 Å². The molecule has 0 radical (unpaired) electrons. The summed E-state index contributed by atoms with van der Waals surface area (Å²) in [4.78, 5) is 25.7. The maximum Gasteiger partial charge on any atom is 0.345 e. The summed E-state index contributed by atoms with van der Waals surface area (Å²) >= 11 is 0. The molecule has 0 fully saturated rings. The van der Waals surface area contributed by atoms with Crippen molar-refractivity contribution >= 4 is 12.0 Å². The molecule has 7 heteroatoms. The van der Waals surface area contributed by atoms with Crippen LogP contribution >= 0.6 is 0 Å². The van der Waals surface area contributed by atoms with Crippen LogP contribution in [0.25, 0.3) is 0 Å². The number of hydrogen-bond donors (Lipinski definition) is 0. The quantitative estimate of drug-likeness (QED) is 0.786. The van der Waals surface area contributed by atoms with Gasteiger partial charge in [0.25, 0.3) is 0 Å². The van der Waals surface area contributed by atoms with Crippen molar-refractivity contribution < 1.29 is 18.7 Å². The second-order valence-corrected chi connectivity index (χ2v) is 4.37. The highest BCUT2D eigenvalue weighted by Crippen LogP contribution is 2.12. The third-order valence-electron chi connectivity index (χ3n) is 2.95. The number of ether oxygens (including phenoxy) is 1. The number of furan rings is 1. The number of carbonyl (C=O) groups excluding carboxylic acids is 2. The zero-order valence-corrected chi connectivity index (χ0v) is 11.9. The molecule has 0 spiro atoms. The summed E-state index contributed by atoms with van der Waals surface area (Å²) in [6.45, 7) is 3.75. The van der Waals surface area contributed by atoms with Crippen molar-refractivity contribution in [3.8, 4) is 0 Å². The van der Waals surface area contributed by atoms with Crippen LogP contribution in [0.4, 0.5) is 4.79 Å². The fourth-order valence-corrected chi connectivity index (χ4v) is 1.84. The van der Waals surface area contributed by atoms with E-state index in [1.807, 2.05) is 0 Å². The lowest BCUT2D eigenvalue weighted by Crippen LogP contribution is -2.45. The van der Waals surface area contributed by atoms with Gasteiger partial charge in [-0.1, -0.05) is 0 Å². The van der Waals surface area contributed by atoms with E-state index in [0.29, 0.717) is 5.76 Å². The van der Waals surface area contributed by atoms with Crippen LogP contribution in [0, 0.1) is 0 Å². The molecule has 1 unspecified atom stereocenters. The number of carbonyl (C=O) groups is 2. The van der Waals surface area contributed by atoms with Crippen LogP contribution in [0.3, 0.4) is 0 Å². The number of rotatable bonds is 5. The van der Waals surface area contributed by atoms with Crippen LogP contribution in [0.2, 0.25) is 0 Å². The fourth-order valence-electron chi connectivity index (χ4n) is 1.84. The van der Waals surface area contributed by atoms with Gasteiger partial charge >= 0.3 is 12.0 Å². The van der Waals surface area contributed by atoms with Gasteiger partial charge in [0.15, 0.2) is 0 Å². The monoisotopic (exact) mass is 291 g/mol. The molecule has 0 saturated carbocycles. The van der Waals surface area contributed by atoms with Gasteiger partial charge in [-0.3, -0.25) is 0 Å². The molecule has 2 heterocycles. The van der Waals surface area contributed by atoms with E-state index in [9.17, 15) is 9.59 Å². The number of hydrogen-bond acceptors (Lipinski definition) is 5. The van der Waals surface area contributed by atoms with Gasteiger partial charge in [0.2, 0.25) is 0 Å². The van der Waals surface area contributed by atoms with Crippen LogP contribution in [0.1, 0.15) is 19.6 Å². The molecule has 0 N–H and O–H groups in total. The van der Waals surface area contributed by atoms with Crippen molar-refractivity contribution in [3.63, 3.8) is 0 Å². The Hall–Kier alpha value is -2.57. The van der Waals surface area contributed by atoms with Gasteiger partial charge in [-0.15, -0.1) is 0 Å². The average Bonchev–Trinajstić information content (AvgIpc) is 3.16. The van der Waals surface area contributed by atoms with Crippen LogP contribution in [-0.2, 0) is 16.1 Å². The molecule has 112 valence electrons. The molecule has 0 aromatic carbocycles. The first-order chi connectivity index (χ1) is 10.1. The SMILES string of the molecule is CCOC(=O)C(C)N(Cc1ccco1)C(=O)n1cccn1. The molecule has 2 aromatic rings. The van der Waals surface area contributed by atoms with Crippen LogP contribution in [0.15, 0.2) is 41.3 Å². The van der Waals surface area contributed by atoms with Crippen molar-refractivity contribution in [1.29, 1.82) is 0 Å². The summed E-state index contributed by atoms with van der Waals surface area (Å²) in [5, 5.41) is 3.90. The lowest BCUT2D eigenvalue weighted by Gasteiger charge is -2.26. The van der Waals surface area contributed by atoms with E-state index < -0.39 is 18.0 Å². The minimum Gasteiger partial charge on any atom is -0.467 e. The highest BCUT2D eigenvalue weighted by Gasteiger charge is 2.29. The van der Waals surface area contributed by atoms with Crippen molar-refractivity contribution in [3.05, 3.63) is 42.6 Å². The van der Waals surface area contributed by atoms with Gasteiger partial charge in [0.1, 0.15) is 11.8 Å². The molecule has 0 aliphatic carbocycles. The normalized spacial score (nSPS) is 11.9. The third-order valence-corrected chi connectivity index (χ3v) is 2.95. The molecular weight excluding hydrogens is 274 g/mol. The standard InChI is InChI=1S/C14H17N3O4/c1-3-20-13(18)11(2)16(10-12-6-4-9-21-12)14(19)17-8-5-7-15-17/h4-9,11H,3,10H2,1-2H3. The lowest BCUT2D eigenvalue weighted by molar-refractivity contribution is -0.148. The van der Waals surface area contributed by atoms with Crippen LogP contribution in [-0.4, -0.2) is 39.3 Å². The number of aromatic nitrogens is 2. The first-order valence-corrected chi connectivity index (χ1v) is 6.63. The van der Waals surface area contributed by atoms with E-state index in [1.54, 1.807) is 32.0 Å². The highest BCUT2D eigenvalue weighted by molar-refractivity contribution is 5.84. The Bertz CT molecular complexity index is 577. The second-order valence-electron chi connectivity index (χ2n) is 4.37. The van der Waals surface area contributed by atoms with Crippen molar-refractivity contribution in [2.75, 3.05) is 6.61 Å². The topological polar surface area (TPSA) is 77.6 Å². The van der Waals surface area contributed by atoms with E-state index >= 15 is 0 Å². The summed E-state index contributed by atoms with van der Waals surface area (Å²) in [7, 11) is 0. The summed E-state index contributed by atoms with van der Waals surface area (Å²) in [5.74, 6) is 0.108. The van der Waals surface area contributed by atoms with E-state index in [-0.39, 0.29) is 13.2 Å². The van der Waals surface area contributed by atoms with Crippen LogP contribution < -0.4 is 0 Å². The van der Waals surface area contributed by atoms with Gasteiger partial charge in [-0.2, -0.15) is 9.78 Å². The molecular formula is C14H17N3O4. The molecule has 7 nitrogen and oxygen atoms in total. The molecule has 2 aromatic heterocycles. The minimum atomic E-state index is -0.744. The largest absolute Gasteiger partial charge is 0.467 e. The molecule has 0 saturated heterocycles. The molecule has 0 aliphatic heterocycles. The molecule has 0 bridgehead atoms. The fraction of sp³-hybridized carbons (Fsp3) is 0.357. The zero-order chi connectivity index (χ0) is 15.2. The summed E-state index contributed by atoms with van der Waals surface area (Å²) in [6.07, 6.45) is 4.54. The lowest BCUT2D eigenvalue weighted by atomic mass is 10.2. The maximum absolute atomic E-state index is 12.5. The molecule has 0 aliphatic rings. The Labute approximate surface area is 122 Å². The first kappa shape index (κ1) is 14.8. The van der Waals surface area contributed by atoms with Gasteiger partial charge < -0.3 is 14.1 Å². The Morgan fingerprint density at radius 1 is 1.48 bits per heavy atom. The first-order valence-electron chi connectivity index (χ1n) is 6.63. The smallest absolute Gasteiger partial charge is 0.345 e. The molecule has 21 heavy (non-hydrogen) atoms. The predicted molar refractivity (Wildman–Crippen MR) is 73.4 cm³/mol. The molecule has 1 atom stereocenters. The summed E-state index contributed by atoms with van der Waals surface area (Å²) < 4.78 is 11.4. The highest BCUT2D eigenvalue weighted by atomic mass is 16.5.